The maximum atomic E-state index is 3.85. The van der Waals surface area contributed by atoms with Crippen molar-refractivity contribution >= 4 is 11.3 Å². The molecule has 2 unspecified atom stereocenters. The van der Waals surface area contributed by atoms with Gasteiger partial charge in [0, 0.05) is 10.4 Å². The van der Waals surface area contributed by atoms with Crippen molar-refractivity contribution in [2.45, 2.75) is 65.0 Å². The molecular formula is C17H30N2S. The monoisotopic (exact) mass is 294 g/mol. The molecule has 114 valence electrons. The molecule has 0 aliphatic carbocycles. The second-order valence-corrected chi connectivity index (χ2v) is 7.34. The topological polar surface area (TPSA) is 15.3 Å². The Morgan fingerprint density at radius 3 is 2.55 bits per heavy atom. The Labute approximate surface area is 128 Å². The van der Waals surface area contributed by atoms with E-state index in [-0.39, 0.29) is 5.54 Å². The second kappa shape index (κ2) is 7.06. The molecule has 0 spiro atoms. The van der Waals surface area contributed by atoms with E-state index in [4.69, 9.17) is 0 Å². The van der Waals surface area contributed by atoms with E-state index in [2.05, 4.69) is 49.4 Å². The molecule has 1 aromatic rings. The average molecular weight is 295 g/mol. The minimum Gasteiger partial charge on any atom is -0.308 e. The zero-order valence-corrected chi connectivity index (χ0v) is 14.4. The highest BCUT2D eigenvalue weighted by molar-refractivity contribution is 7.10. The fourth-order valence-electron chi connectivity index (χ4n) is 3.49. The molecule has 2 heterocycles. The van der Waals surface area contributed by atoms with Crippen molar-refractivity contribution < 1.29 is 0 Å². The number of thiophene rings is 1. The van der Waals surface area contributed by atoms with Gasteiger partial charge in [-0.05, 0) is 76.2 Å². The molecule has 1 aliphatic heterocycles. The van der Waals surface area contributed by atoms with Gasteiger partial charge in [0.2, 0.25) is 0 Å². The Hall–Kier alpha value is -0.380. The molecule has 1 saturated heterocycles. The molecule has 1 N–H and O–H groups in total. The molecule has 2 rings (SSSR count). The number of nitrogens with one attached hydrogen (secondary N) is 1. The molecule has 3 heteroatoms. The first kappa shape index (κ1) is 16.0. The van der Waals surface area contributed by atoms with Crippen molar-refractivity contribution in [1.29, 1.82) is 0 Å². The van der Waals surface area contributed by atoms with Gasteiger partial charge in [-0.2, -0.15) is 0 Å². The maximum Gasteiger partial charge on any atom is 0.0515 e. The first-order valence-electron chi connectivity index (χ1n) is 8.16. The lowest BCUT2D eigenvalue weighted by Crippen LogP contribution is -2.53. The van der Waals surface area contributed by atoms with Crippen LogP contribution in [0.1, 0.15) is 62.9 Å². The quantitative estimate of drug-likeness (QED) is 0.803. The summed E-state index contributed by atoms with van der Waals surface area (Å²) in [6.07, 6.45) is 5.11. The summed E-state index contributed by atoms with van der Waals surface area (Å²) in [6, 6.07) is 2.79. The van der Waals surface area contributed by atoms with E-state index >= 15 is 0 Å². The molecule has 0 amide bonds. The number of nitrogens with zero attached hydrogens (tertiary/aromatic N) is 1. The van der Waals surface area contributed by atoms with E-state index in [0.29, 0.717) is 6.04 Å². The van der Waals surface area contributed by atoms with E-state index in [9.17, 15) is 0 Å². The molecule has 2 atom stereocenters. The lowest BCUT2D eigenvalue weighted by atomic mass is 9.83. The van der Waals surface area contributed by atoms with Crippen LogP contribution >= 0.6 is 11.3 Å². The molecule has 1 fully saturated rings. The van der Waals surface area contributed by atoms with Crippen molar-refractivity contribution in [2.75, 3.05) is 19.6 Å². The minimum absolute atomic E-state index is 0.234. The number of hydrogen-bond acceptors (Lipinski definition) is 3. The Balaban J connectivity index is 2.30. The van der Waals surface area contributed by atoms with E-state index in [1.54, 1.807) is 0 Å². The van der Waals surface area contributed by atoms with Crippen LogP contribution in [0.25, 0.3) is 0 Å². The van der Waals surface area contributed by atoms with Gasteiger partial charge in [0.1, 0.15) is 0 Å². The smallest absolute Gasteiger partial charge is 0.0515 e. The van der Waals surface area contributed by atoms with E-state index in [1.807, 2.05) is 11.3 Å². The first-order chi connectivity index (χ1) is 9.63. The summed E-state index contributed by atoms with van der Waals surface area (Å²) in [5.41, 5.74) is 1.75. The number of rotatable bonds is 7. The Bertz CT molecular complexity index is 409. The van der Waals surface area contributed by atoms with Crippen molar-refractivity contribution in [3.8, 4) is 0 Å². The fourth-order valence-corrected chi connectivity index (χ4v) is 4.23. The number of likely N-dealkylation sites (tertiary alicyclic amines) is 1. The van der Waals surface area contributed by atoms with Crippen LogP contribution in [0.4, 0.5) is 0 Å². The van der Waals surface area contributed by atoms with Crippen molar-refractivity contribution in [3.05, 3.63) is 21.9 Å². The van der Waals surface area contributed by atoms with Gasteiger partial charge in [0.05, 0.1) is 6.04 Å². The Morgan fingerprint density at radius 1 is 1.35 bits per heavy atom. The van der Waals surface area contributed by atoms with Gasteiger partial charge in [-0.1, -0.05) is 13.8 Å². The van der Waals surface area contributed by atoms with Gasteiger partial charge in [-0.3, -0.25) is 4.90 Å². The molecule has 0 radical (unpaired) electrons. The predicted molar refractivity (Wildman–Crippen MR) is 89.6 cm³/mol. The van der Waals surface area contributed by atoms with Gasteiger partial charge < -0.3 is 5.32 Å². The molecule has 0 aromatic carbocycles. The second-order valence-electron chi connectivity index (χ2n) is 6.22. The molecule has 2 nitrogen and oxygen atoms in total. The SMILES string of the molecule is CCCNC(c1ccsc1C)C(C)(CC)N1CCCC1. The van der Waals surface area contributed by atoms with Gasteiger partial charge in [0.15, 0.2) is 0 Å². The zero-order valence-electron chi connectivity index (χ0n) is 13.5. The summed E-state index contributed by atoms with van der Waals surface area (Å²) in [6.45, 7) is 13.0. The summed E-state index contributed by atoms with van der Waals surface area (Å²) in [4.78, 5) is 4.19. The van der Waals surface area contributed by atoms with Crippen LogP contribution in [0.2, 0.25) is 0 Å². The normalized spacial score (nSPS) is 21.0. The summed E-state index contributed by atoms with van der Waals surface area (Å²) < 4.78 is 0. The fraction of sp³-hybridized carbons (Fsp3) is 0.765. The standard InChI is InChI=1S/C17H30N2S/c1-5-10-18-16(15-9-13-20-14(15)3)17(4,6-2)19-11-7-8-12-19/h9,13,16,18H,5-8,10-12H2,1-4H3. The van der Waals surface area contributed by atoms with Gasteiger partial charge in [-0.25, -0.2) is 0 Å². The van der Waals surface area contributed by atoms with Crippen LogP contribution in [0, 0.1) is 6.92 Å². The molecular weight excluding hydrogens is 264 g/mol. The Kier molecular flexibility index (Phi) is 5.65. The zero-order chi connectivity index (χ0) is 14.6. The highest BCUT2D eigenvalue weighted by Gasteiger charge is 2.40. The van der Waals surface area contributed by atoms with Gasteiger partial charge in [-0.15, -0.1) is 11.3 Å². The summed E-state index contributed by atoms with van der Waals surface area (Å²) >= 11 is 1.88. The third-order valence-corrected chi connectivity index (χ3v) is 5.84. The third-order valence-electron chi connectivity index (χ3n) is 4.97. The van der Waals surface area contributed by atoms with Crippen LogP contribution in [0.15, 0.2) is 11.4 Å². The molecule has 0 bridgehead atoms. The largest absolute Gasteiger partial charge is 0.308 e. The van der Waals surface area contributed by atoms with E-state index in [1.165, 1.54) is 49.2 Å². The van der Waals surface area contributed by atoms with Gasteiger partial charge >= 0.3 is 0 Å². The van der Waals surface area contributed by atoms with Crippen molar-refractivity contribution in [1.82, 2.24) is 10.2 Å². The van der Waals surface area contributed by atoms with Crippen LogP contribution in [0.5, 0.6) is 0 Å². The first-order valence-corrected chi connectivity index (χ1v) is 9.03. The van der Waals surface area contributed by atoms with Crippen LogP contribution < -0.4 is 5.32 Å². The number of hydrogen-bond donors (Lipinski definition) is 1. The van der Waals surface area contributed by atoms with Crippen molar-refractivity contribution in [3.63, 3.8) is 0 Å². The summed E-state index contributed by atoms with van der Waals surface area (Å²) in [5.74, 6) is 0. The highest BCUT2D eigenvalue weighted by atomic mass is 32.1. The summed E-state index contributed by atoms with van der Waals surface area (Å²) in [7, 11) is 0. The molecule has 20 heavy (non-hydrogen) atoms. The lowest BCUT2D eigenvalue weighted by molar-refractivity contribution is 0.0839. The third kappa shape index (κ3) is 3.10. The lowest BCUT2D eigenvalue weighted by Gasteiger charge is -2.45. The van der Waals surface area contributed by atoms with Crippen molar-refractivity contribution in [2.24, 2.45) is 0 Å². The van der Waals surface area contributed by atoms with Crippen LogP contribution in [0.3, 0.4) is 0 Å². The minimum atomic E-state index is 0.234. The van der Waals surface area contributed by atoms with E-state index in [0.717, 1.165) is 6.54 Å². The average Bonchev–Trinajstić information content (AvgIpc) is 3.11. The molecule has 1 aliphatic rings. The van der Waals surface area contributed by atoms with E-state index < -0.39 is 0 Å². The Morgan fingerprint density at radius 2 is 2.05 bits per heavy atom. The molecule has 0 saturated carbocycles. The van der Waals surface area contributed by atoms with Crippen LogP contribution in [-0.4, -0.2) is 30.1 Å². The maximum absolute atomic E-state index is 3.85. The van der Waals surface area contributed by atoms with Gasteiger partial charge in [0.25, 0.3) is 0 Å². The summed E-state index contributed by atoms with van der Waals surface area (Å²) in [5, 5.41) is 6.09. The highest BCUT2D eigenvalue weighted by Crippen LogP contribution is 2.38. The molecule has 1 aromatic heterocycles. The predicted octanol–water partition coefficient (Wildman–Crippen LogP) is 4.36. The van der Waals surface area contributed by atoms with Crippen LogP contribution in [-0.2, 0) is 0 Å². The number of aryl methyl sites for hydroxylation is 1.